The standard InChI is InChI=1S/C23H22Cl2F3N3O4/c1-3-31-21(33)19(11-34-31)29-20(32)17-5-4-13(6-12(17)2)18-10-22(35-30-18,23(26,27)28)14-7-15(24)9-16(25)8-14/h4-8,15,19H,3,9-11H2,1-2H3,(H,29,32)/t15?,19?,22-/m0/s1. The fraction of sp³-hybridized carbons (Fsp3) is 0.435. The summed E-state index contributed by atoms with van der Waals surface area (Å²) < 4.78 is 42.7. The minimum Gasteiger partial charge on any atom is -0.374 e. The summed E-state index contributed by atoms with van der Waals surface area (Å²) in [6, 6.07) is 3.71. The molecule has 0 aromatic heterocycles. The van der Waals surface area contributed by atoms with Gasteiger partial charge in [0.15, 0.2) is 0 Å². The van der Waals surface area contributed by atoms with Crippen molar-refractivity contribution in [2.75, 3.05) is 13.2 Å². The van der Waals surface area contributed by atoms with E-state index in [0.717, 1.165) is 0 Å². The van der Waals surface area contributed by atoms with E-state index < -0.39 is 35.5 Å². The average molecular weight is 532 g/mol. The number of amides is 2. The summed E-state index contributed by atoms with van der Waals surface area (Å²) in [5, 5.41) is 7.04. The number of oxime groups is 1. The molecule has 2 aliphatic heterocycles. The summed E-state index contributed by atoms with van der Waals surface area (Å²) in [4.78, 5) is 35.1. The Balaban J connectivity index is 1.54. The minimum absolute atomic E-state index is 0.0285. The van der Waals surface area contributed by atoms with Crippen LogP contribution in [-0.4, -0.2) is 58.9 Å². The molecule has 3 atom stereocenters. The van der Waals surface area contributed by atoms with Crippen LogP contribution in [0.2, 0.25) is 0 Å². The molecule has 2 unspecified atom stereocenters. The number of benzene rings is 1. The molecule has 0 radical (unpaired) electrons. The Kier molecular flexibility index (Phi) is 6.91. The number of aryl methyl sites for hydroxylation is 1. The highest BCUT2D eigenvalue weighted by molar-refractivity contribution is 6.31. The van der Waals surface area contributed by atoms with Gasteiger partial charge in [-0.3, -0.25) is 14.4 Å². The first-order valence-corrected chi connectivity index (χ1v) is 11.7. The number of likely N-dealkylation sites (N-methyl/N-ethyl adjacent to an activating group) is 1. The van der Waals surface area contributed by atoms with E-state index in [9.17, 15) is 22.8 Å². The lowest BCUT2D eigenvalue weighted by Crippen LogP contribution is -2.47. The van der Waals surface area contributed by atoms with Gasteiger partial charge in [0.2, 0.25) is 0 Å². The Hall–Kier alpha value is -2.56. The first-order chi connectivity index (χ1) is 16.4. The smallest absolute Gasteiger partial charge is 0.374 e. The van der Waals surface area contributed by atoms with E-state index in [0.29, 0.717) is 17.7 Å². The normalized spacial score (nSPS) is 26.8. The monoisotopic (exact) mass is 531 g/mol. The maximum Gasteiger partial charge on any atom is 0.435 e. The Bertz CT molecular complexity index is 1150. The Morgan fingerprint density at radius 2 is 2.11 bits per heavy atom. The quantitative estimate of drug-likeness (QED) is 0.572. The third-order valence-electron chi connectivity index (χ3n) is 6.05. The third kappa shape index (κ3) is 4.79. The molecule has 1 aromatic rings. The molecule has 0 bridgehead atoms. The van der Waals surface area contributed by atoms with Gasteiger partial charge in [-0.05, 0) is 43.2 Å². The number of hydrogen-bond donors (Lipinski definition) is 1. The van der Waals surface area contributed by atoms with Gasteiger partial charge in [-0.15, -0.1) is 11.6 Å². The molecule has 4 rings (SSSR count). The molecule has 0 spiro atoms. The molecule has 1 fully saturated rings. The first kappa shape index (κ1) is 25.5. The molecule has 2 amide bonds. The van der Waals surface area contributed by atoms with Gasteiger partial charge in [0.05, 0.1) is 11.1 Å². The molecule has 12 heteroatoms. The van der Waals surface area contributed by atoms with Crippen LogP contribution in [0.5, 0.6) is 0 Å². The van der Waals surface area contributed by atoms with Crippen molar-refractivity contribution in [3.63, 3.8) is 0 Å². The van der Waals surface area contributed by atoms with Gasteiger partial charge in [0.1, 0.15) is 12.6 Å². The zero-order chi connectivity index (χ0) is 25.5. The fourth-order valence-corrected chi connectivity index (χ4v) is 4.85. The summed E-state index contributed by atoms with van der Waals surface area (Å²) in [6.45, 7) is 3.77. The number of alkyl halides is 4. The van der Waals surface area contributed by atoms with Gasteiger partial charge in [0.25, 0.3) is 17.4 Å². The van der Waals surface area contributed by atoms with E-state index >= 15 is 0 Å². The highest BCUT2D eigenvalue weighted by atomic mass is 35.5. The topological polar surface area (TPSA) is 80.2 Å². The zero-order valence-corrected chi connectivity index (χ0v) is 20.3. The number of halogens is 5. The van der Waals surface area contributed by atoms with Crippen molar-refractivity contribution in [3.05, 3.63) is 57.6 Å². The molecular weight excluding hydrogens is 510 g/mol. The van der Waals surface area contributed by atoms with Gasteiger partial charge < -0.3 is 10.2 Å². The lowest BCUT2D eigenvalue weighted by Gasteiger charge is -2.32. The van der Waals surface area contributed by atoms with Crippen LogP contribution in [0.25, 0.3) is 0 Å². The molecule has 7 nitrogen and oxygen atoms in total. The van der Waals surface area contributed by atoms with E-state index in [2.05, 4.69) is 10.5 Å². The van der Waals surface area contributed by atoms with E-state index in [1.54, 1.807) is 19.9 Å². The van der Waals surface area contributed by atoms with Gasteiger partial charge in [-0.1, -0.05) is 28.9 Å². The second kappa shape index (κ2) is 9.48. The largest absolute Gasteiger partial charge is 0.435 e. The van der Waals surface area contributed by atoms with Gasteiger partial charge in [0, 0.05) is 35.6 Å². The van der Waals surface area contributed by atoms with E-state index in [4.69, 9.17) is 32.9 Å². The van der Waals surface area contributed by atoms with Crippen LogP contribution in [-0.2, 0) is 14.5 Å². The number of nitrogens with one attached hydrogen (secondary N) is 1. The molecule has 1 saturated heterocycles. The second-order valence-electron chi connectivity index (χ2n) is 8.45. The number of hydroxylamine groups is 2. The summed E-state index contributed by atoms with van der Waals surface area (Å²) in [5.41, 5.74) is -1.71. The maximum atomic E-state index is 14.2. The van der Waals surface area contributed by atoms with Crippen molar-refractivity contribution >= 4 is 40.7 Å². The highest BCUT2D eigenvalue weighted by Crippen LogP contribution is 2.48. The van der Waals surface area contributed by atoms with Crippen molar-refractivity contribution < 1.29 is 32.4 Å². The summed E-state index contributed by atoms with van der Waals surface area (Å²) in [6.07, 6.45) is -2.64. The first-order valence-electron chi connectivity index (χ1n) is 10.9. The van der Waals surface area contributed by atoms with Crippen LogP contribution in [0.3, 0.4) is 0 Å². The lowest BCUT2D eigenvalue weighted by atomic mass is 9.83. The number of nitrogens with zero attached hydrogens (tertiary/aromatic N) is 2. The van der Waals surface area contributed by atoms with Crippen LogP contribution in [0, 0.1) is 6.92 Å². The SMILES string of the molecule is CCN1OCC(NC(=O)c2ccc(C3=NO[C@@](C4=CC(Cl)CC(Cl)=C4)(C(F)(F)F)C3)cc2C)C1=O. The minimum atomic E-state index is -4.79. The molecule has 1 aliphatic carbocycles. The van der Waals surface area contributed by atoms with Crippen molar-refractivity contribution in [3.8, 4) is 0 Å². The van der Waals surface area contributed by atoms with Crippen LogP contribution < -0.4 is 5.32 Å². The van der Waals surface area contributed by atoms with Gasteiger partial charge in [-0.25, -0.2) is 5.06 Å². The van der Waals surface area contributed by atoms with Crippen molar-refractivity contribution in [2.45, 2.75) is 49.9 Å². The number of allylic oxidation sites excluding steroid dienone is 2. The lowest BCUT2D eigenvalue weighted by molar-refractivity contribution is -0.252. The summed E-state index contributed by atoms with van der Waals surface area (Å²) >= 11 is 12.1. The second-order valence-corrected chi connectivity index (χ2v) is 9.49. The zero-order valence-electron chi connectivity index (χ0n) is 18.8. The predicted molar refractivity (Wildman–Crippen MR) is 123 cm³/mol. The number of carbonyl (C=O) groups is 2. The molecule has 0 saturated carbocycles. The summed E-state index contributed by atoms with van der Waals surface area (Å²) in [5.74, 6) is -0.843. The van der Waals surface area contributed by atoms with Gasteiger partial charge in [-0.2, -0.15) is 13.2 Å². The van der Waals surface area contributed by atoms with Crippen LogP contribution in [0.1, 0.15) is 41.3 Å². The summed E-state index contributed by atoms with van der Waals surface area (Å²) in [7, 11) is 0. The van der Waals surface area contributed by atoms with Crippen LogP contribution >= 0.6 is 23.2 Å². The van der Waals surface area contributed by atoms with Crippen molar-refractivity contribution in [1.29, 1.82) is 0 Å². The Morgan fingerprint density at radius 1 is 1.37 bits per heavy atom. The Labute approximate surface area is 209 Å². The van der Waals surface area contributed by atoms with E-state index in [1.807, 2.05) is 0 Å². The number of rotatable bonds is 5. The van der Waals surface area contributed by atoms with Crippen molar-refractivity contribution in [1.82, 2.24) is 10.4 Å². The van der Waals surface area contributed by atoms with E-state index in [-0.39, 0.29) is 40.8 Å². The number of hydrogen-bond acceptors (Lipinski definition) is 5. The highest BCUT2D eigenvalue weighted by Gasteiger charge is 2.63. The third-order valence-corrected chi connectivity index (χ3v) is 6.60. The maximum absolute atomic E-state index is 14.2. The molecule has 2 heterocycles. The fourth-order valence-electron chi connectivity index (χ4n) is 4.18. The van der Waals surface area contributed by atoms with Crippen LogP contribution in [0.15, 0.2) is 46.1 Å². The molecule has 3 aliphatic rings. The van der Waals surface area contributed by atoms with Crippen LogP contribution in [0.4, 0.5) is 13.2 Å². The Morgan fingerprint density at radius 3 is 2.71 bits per heavy atom. The number of carbonyl (C=O) groups excluding carboxylic acids is 2. The average Bonchev–Trinajstić information content (AvgIpc) is 3.38. The van der Waals surface area contributed by atoms with Gasteiger partial charge >= 0.3 is 6.18 Å². The molecule has 188 valence electrons. The molecule has 1 N–H and O–H groups in total. The van der Waals surface area contributed by atoms with Crippen molar-refractivity contribution in [2.24, 2.45) is 5.16 Å². The predicted octanol–water partition coefficient (Wildman–Crippen LogP) is 4.37. The molecule has 1 aromatic carbocycles. The van der Waals surface area contributed by atoms with E-state index in [1.165, 1.54) is 29.3 Å². The molecular formula is C23H22Cl2F3N3O4. The molecule has 35 heavy (non-hydrogen) atoms.